The van der Waals surface area contributed by atoms with Crippen LogP contribution in [0.1, 0.15) is 5.56 Å². The zero-order valence-corrected chi connectivity index (χ0v) is 8.56. The van der Waals surface area contributed by atoms with E-state index < -0.39 is 5.82 Å². The zero-order chi connectivity index (χ0) is 11.4. The number of aromatic nitrogens is 1. The van der Waals surface area contributed by atoms with E-state index >= 15 is 0 Å². The first-order valence-corrected chi connectivity index (χ1v) is 4.86. The van der Waals surface area contributed by atoms with Crippen molar-refractivity contribution in [3.05, 3.63) is 54.1 Å². The zero-order valence-electron chi connectivity index (χ0n) is 8.56. The molecule has 1 aromatic carbocycles. The average Bonchev–Trinajstić information content (AvgIpc) is 2.33. The van der Waals surface area contributed by atoms with E-state index in [1.54, 1.807) is 30.5 Å². The number of pyridine rings is 1. The Kier molecular flexibility index (Phi) is 3.12. The lowest BCUT2D eigenvalue weighted by molar-refractivity contribution is 0.435. The van der Waals surface area contributed by atoms with E-state index in [1.165, 1.54) is 12.3 Å². The monoisotopic (exact) mass is 218 g/mol. The molecule has 2 N–H and O–H groups in total. The van der Waals surface area contributed by atoms with Crippen molar-refractivity contribution in [3.8, 4) is 11.5 Å². The minimum Gasteiger partial charge on any atom is -0.452 e. The van der Waals surface area contributed by atoms with Crippen LogP contribution >= 0.6 is 0 Å². The number of rotatable bonds is 3. The smallest absolute Gasteiger partial charge is 0.167 e. The number of nitrogens with zero attached hydrogens (tertiary/aromatic N) is 1. The summed E-state index contributed by atoms with van der Waals surface area (Å²) in [5.74, 6) is 0.229. The largest absolute Gasteiger partial charge is 0.452 e. The van der Waals surface area contributed by atoms with E-state index in [-0.39, 0.29) is 12.3 Å². The standard InChI is InChI=1S/C12H11FN2O/c13-11-5-1-3-9(7-14)12(11)16-10-4-2-6-15-8-10/h1-6,8H,7,14H2. The van der Waals surface area contributed by atoms with Gasteiger partial charge < -0.3 is 10.5 Å². The quantitative estimate of drug-likeness (QED) is 0.860. The summed E-state index contributed by atoms with van der Waals surface area (Å²) < 4.78 is 18.9. The summed E-state index contributed by atoms with van der Waals surface area (Å²) in [4.78, 5) is 3.89. The molecule has 2 aromatic rings. The van der Waals surface area contributed by atoms with E-state index in [4.69, 9.17) is 10.5 Å². The van der Waals surface area contributed by atoms with Gasteiger partial charge in [0.1, 0.15) is 5.75 Å². The molecular weight excluding hydrogens is 207 g/mol. The number of hydrogen-bond acceptors (Lipinski definition) is 3. The van der Waals surface area contributed by atoms with Crippen LogP contribution in [0.15, 0.2) is 42.7 Å². The molecule has 0 radical (unpaired) electrons. The molecule has 3 nitrogen and oxygen atoms in total. The van der Waals surface area contributed by atoms with E-state index in [0.29, 0.717) is 11.3 Å². The number of halogens is 1. The van der Waals surface area contributed by atoms with Crippen LogP contribution in [0.25, 0.3) is 0 Å². The fourth-order valence-corrected chi connectivity index (χ4v) is 1.35. The SMILES string of the molecule is NCc1cccc(F)c1Oc1cccnc1. The number of para-hydroxylation sites is 1. The van der Waals surface area contributed by atoms with Gasteiger partial charge in [0.2, 0.25) is 0 Å². The Balaban J connectivity index is 2.34. The van der Waals surface area contributed by atoms with Crippen molar-refractivity contribution in [2.45, 2.75) is 6.54 Å². The third kappa shape index (κ3) is 2.17. The summed E-state index contributed by atoms with van der Waals surface area (Å²) in [5.41, 5.74) is 6.14. The van der Waals surface area contributed by atoms with Gasteiger partial charge in [0.15, 0.2) is 11.6 Å². The lowest BCUT2D eigenvalue weighted by Crippen LogP contribution is -2.01. The highest BCUT2D eigenvalue weighted by Crippen LogP contribution is 2.27. The lowest BCUT2D eigenvalue weighted by atomic mass is 10.2. The third-order valence-corrected chi connectivity index (χ3v) is 2.12. The van der Waals surface area contributed by atoms with Crippen LogP contribution in [0.5, 0.6) is 11.5 Å². The number of hydrogen-bond donors (Lipinski definition) is 1. The molecule has 4 heteroatoms. The molecule has 1 aromatic heterocycles. The summed E-state index contributed by atoms with van der Waals surface area (Å²) in [6.07, 6.45) is 3.14. The minimum absolute atomic E-state index is 0.165. The summed E-state index contributed by atoms with van der Waals surface area (Å²) in [5, 5.41) is 0. The third-order valence-electron chi connectivity index (χ3n) is 2.12. The Morgan fingerprint density at radius 2 is 2.12 bits per heavy atom. The molecule has 0 atom stereocenters. The van der Waals surface area contributed by atoms with Crippen molar-refractivity contribution in [1.82, 2.24) is 4.98 Å². The summed E-state index contributed by atoms with van der Waals surface area (Å²) >= 11 is 0. The van der Waals surface area contributed by atoms with Gasteiger partial charge in [-0.15, -0.1) is 0 Å². The summed E-state index contributed by atoms with van der Waals surface area (Å²) in [7, 11) is 0. The second-order valence-electron chi connectivity index (χ2n) is 3.22. The van der Waals surface area contributed by atoms with Crippen LogP contribution < -0.4 is 10.5 Å². The molecule has 0 unspecified atom stereocenters. The Hall–Kier alpha value is -1.94. The van der Waals surface area contributed by atoms with Gasteiger partial charge in [-0.2, -0.15) is 0 Å². The Morgan fingerprint density at radius 1 is 1.25 bits per heavy atom. The fraction of sp³-hybridized carbons (Fsp3) is 0.0833. The second-order valence-corrected chi connectivity index (χ2v) is 3.22. The van der Waals surface area contributed by atoms with Crippen LogP contribution in [0.3, 0.4) is 0 Å². The molecule has 82 valence electrons. The maximum Gasteiger partial charge on any atom is 0.167 e. The minimum atomic E-state index is -0.424. The van der Waals surface area contributed by atoms with Gasteiger partial charge in [-0.25, -0.2) is 4.39 Å². The van der Waals surface area contributed by atoms with Gasteiger partial charge in [0, 0.05) is 18.3 Å². The van der Waals surface area contributed by atoms with Crippen LogP contribution in [-0.4, -0.2) is 4.98 Å². The molecule has 0 amide bonds. The van der Waals surface area contributed by atoms with Crippen molar-refractivity contribution in [2.75, 3.05) is 0 Å². The van der Waals surface area contributed by atoms with Crippen LogP contribution in [0, 0.1) is 5.82 Å². The predicted molar refractivity (Wildman–Crippen MR) is 58.6 cm³/mol. The van der Waals surface area contributed by atoms with E-state index in [2.05, 4.69) is 4.98 Å². The molecule has 0 aliphatic carbocycles. The van der Waals surface area contributed by atoms with Crippen molar-refractivity contribution >= 4 is 0 Å². The highest BCUT2D eigenvalue weighted by atomic mass is 19.1. The summed E-state index contributed by atoms with van der Waals surface area (Å²) in [6.45, 7) is 0.230. The van der Waals surface area contributed by atoms with Gasteiger partial charge >= 0.3 is 0 Å². The average molecular weight is 218 g/mol. The van der Waals surface area contributed by atoms with Crippen molar-refractivity contribution < 1.29 is 9.13 Å². The number of nitrogens with two attached hydrogens (primary N) is 1. The molecule has 0 spiro atoms. The van der Waals surface area contributed by atoms with E-state index in [0.717, 1.165) is 0 Å². The van der Waals surface area contributed by atoms with Crippen molar-refractivity contribution in [1.29, 1.82) is 0 Å². The van der Waals surface area contributed by atoms with Crippen molar-refractivity contribution in [3.63, 3.8) is 0 Å². The first-order chi connectivity index (χ1) is 7.81. The van der Waals surface area contributed by atoms with Crippen LogP contribution in [0.4, 0.5) is 4.39 Å². The molecule has 16 heavy (non-hydrogen) atoms. The van der Waals surface area contributed by atoms with Gasteiger partial charge in [-0.1, -0.05) is 12.1 Å². The molecule has 0 bridgehead atoms. The molecule has 0 fully saturated rings. The highest BCUT2D eigenvalue weighted by molar-refractivity contribution is 5.38. The molecule has 1 heterocycles. The molecule has 0 saturated heterocycles. The van der Waals surface area contributed by atoms with Crippen molar-refractivity contribution in [2.24, 2.45) is 5.73 Å². The molecule has 0 aliphatic rings. The topological polar surface area (TPSA) is 48.1 Å². The second kappa shape index (κ2) is 4.72. The van der Waals surface area contributed by atoms with Gasteiger partial charge in [0.25, 0.3) is 0 Å². The highest BCUT2D eigenvalue weighted by Gasteiger charge is 2.09. The lowest BCUT2D eigenvalue weighted by Gasteiger charge is -2.10. The number of benzene rings is 1. The van der Waals surface area contributed by atoms with Gasteiger partial charge in [-0.05, 0) is 18.2 Å². The predicted octanol–water partition coefficient (Wildman–Crippen LogP) is 2.47. The first-order valence-electron chi connectivity index (χ1n) is 4.86. The van der Waals surface area contributed by atoms with Gasteiger partial charge in [-0.3, -0.25) is 4.98 Å². The Morgan fingerprint density at radius 3 is 2.81 bits per heavy atom. The Bertz CT molecular complexity index is 474. The maximum atomic E-state index is 13.5. The maximum absolute atomic E-state index is 13.5. The van der Waals surface area contributed by atoms with Gasteiger partial charge in [0.05, 0.1) is 6.20 Å². The fourth-order valence-electron chi connectivity index (χ4n) is 1.35. The normalized spacial score (nSPS) is 10.1. The van der Waals surface area contributed by atoms with Crippen LogP contribution in [-0.2, 0) is 6.54 Å². The molecule has 2 rings (SSSR count). The summed E-state index contributed by atoms with van der Waals surface area (Å²) in [6, 6.07) is 8.10. The number of ether oxygens (including phenoxy) is 1. The Labute approximate surface area is 92.7 Å². The van der Waals surface area contributed by atoms with E-state index in [9.17, 15) is 4.39 Å². The molecule has 0 saturated carbocycles. The first kappa shape index (κ1) is 10.6. The van der Waals surface area contributed by atoms with E-state index in [1.807, 2.05) is 0 Å². The van der Waals surface area contributed by atoms with Crippen LogP contribution in [0.2, 0.25) is 0 Å². The molecular formula is C12H11FN2O. The molecule has 0 aliphatic heterocycles.